The van der Waals surface area contributed by atoms with E-state index in [1.165, 1.54) is 44.5 Å². The Labute approximate surface area is 104 Å². The van der Waals surface area contributed by atoms with Crippen LogP contribution in [0.2, 0.25) is 0 Å². The van der Waals surface area contributed by atoms with Crippen molar-refractivity contribution in [1.82, 2.24) is 20.0 Å². The average Bonchev–Trinajstić information content (AvgIpc) is 2.75. The smallest absolute Gasteiger partial charge is 0.0534 e. The monoisotopic (exact) mass is 236 g/mol. The van der Waals surface area contributed by atoms with Gasteiger partial charge in [0.1, 0.15) is 0 Å². The molecule has 1 aromatic rings. The van der Waals surface area contributed by atoms with Gasteiger partial charge in [-0.05, 0) is 38.9 Å². The molecule has 0 aliphatic carbocycles. The van der Waals surface area contributed by atoms with Crippen LogP contribution >= 0.6 is 0 Å². The number of hydrogen-bond acceptors (Lipinski definition) is 3. The van der Waals surface area contributed by atoms with Crippen molar-refractivity contribution >= 4 is 0 Å². The van der Waals surface area contributed by atoms with Crippen LogP contribution in [0, 0.1) is 0 Å². The SMILES string of the molecule is CCCN1CCC(NCc2cnn(C)c2)CC1. The van der Waals surface area contributed by atoms with E-state index in [9.17, 15) is 0 Å². The molecule has 1 saturated heterocycles. The normalized spacial score (nSPS) is 18.7. The van der Waals surface area contributed by atoms with Crippen LogP contribution in [-0.4, -0.2) is 40.4 Å². The maximum atomic E-state index is 4.19. The van der Waals surface area contributed by atoms with Crippen LogP contribution in [0.1, 0.15) is 31.7 Å². The van der Waals surface area contributed by atoms with Gasteiger partial charge in [0.2, 0.25) is 0 Å². The number of aryl methyl sites for hydroxylation is 1. The molecule has 17 heavy (non-hydrogen) atoms. The minimum absolute atomic E-state index is 0.684. The third-order valence-electron chi connectivity index (χ3n) is 3.48. The van der Waals surface area contributed by atoms with E-state index in [4.69, 9.17) is 0 Å². The molecule has 2 heterocycles. The third kappa shape index (κ3) is 3.82. The third-order valence-corrected chi connectivity index (χ3v) is 3.48. The molecule has 4 heteroatoms. The first-order chi connectivity index (χ1) is 8.28. The standard InChI is InChI=1S/C13H24N4/c1-3-6-17-7-4-13(5-8-17)14-9-12-10-15-16(2)11-12/h10-11,13-14H,3-9H2,1-2H3. The van der Waals surface area contributed by atoms with E-state index in [2.05, 4.69) is 28.4 Å². The predicted octanol–water partition coefficient (Wildman–Crippen LogP) is 1.38. The molecule has 1 aliphatic heterocycles. The largest absolute Gasteiger partial charge is 0.310 e. The van der Waals surface area contributed by atoms with Crippen LogP contribution in [0.4, 0.5) is 0 Å². The number of likely N-dealkylation sites (tertiary alicyclic amines) is 1. The highest BCUT2D eigenvalue weighted by Gasteiger charge is 2.17. The van der Waals surface area contributed by atoms with E-state index >= 15 is 0 Å². The molecule has 0 unspecified atom stereocenters. The Balaban J connectivity index is 1.68. The summed E-state index contributed by atoms with van der Waals surface area (Å²) < 4.78 is 1.86. The van der Waals surface area contributed by atoms with Gasteiger partial charge in [-0.3, -0.25) is 4.68 Å². The van der Waals surface area contributed by atoms with Crippen molar-refractivity contribution in [2.75, 3.05) is 19.6 Å². The molecule has 0 spiro atoms. The summed E-state index contributed by atoms with van der Waals surface area (Å²) in [5.74, 6) is 0. The van der Waals surface area contributed by atoms with Gasteiger partial charge in [-0.25, -0.2) is 0 Å². The molecular formula is C13H24N4. The van der Waals surface area contributed by atoms with Crippen molar-refractivity contribution in [1.29, 1.82) is 0 Å². The molecule has 0 saturated carbocycles. The lowest BCUT2D eigenvalue weighted by Gasteiger charge is -2.32. The topological polar surface area (TPSA) is 33.1 Å². The molecule has 0 radical (unpaired) electrons. The van der Waals surface area contributed by atoms with Crippen molar-refractivity contribution < 1.29 is 0 Å². The zero-order chi connectivity index (χ0) is 12.1. The Kier molecular flexibility index (Phi) is 4.57. The van der Waals surface area contributed by atoms with E-state index in [-0.39, 0.29) is 0 Å². The quantitative estimate of drug-likeness (QED) is 0.838. The van der Waals surface area contributed by atoms with Crippen molar-refractivity contribution in [3.63, 3.8) is 0 Å². The Bertz CT molecular complexity index is 326. The summed E-state index contributed by atoms with van der Waals surface area (Å²) in [6.45, 7) is 6.96. The van der Waals surface area contributed by atoms with Crippen LogP contribution in [-0.2, 0) is 13.6 Å². The number of piperidine rings is 1. The molecule has 1 N–H and O–H groups in total. The number of aromatic nitrogens is 2. The van der Waals surface area contributed by atoms with Gasteiger partial charge in [-0.1, -0.05) is 6.92 Å². The first-order valence-corrected chi connectivity index (χ1v) is 6.71. The lowest BCUT2D eigenvalue weighted by molar-refractivity contribution is 0.197. The van der Waals surface area contributed by atoms with E-state index in [0.29, 0.717) is 6.04 Å². The summed E-state index contributed by atoms with van der Waals surface area (Å²) in [7, 11) is 1.97. The molecule has 0 aromatic carbocycles. The summed E-state index contributed by atoms with van der Waals surface area (Å²) in [6, 6.07) is 0.684. The maximum absolute atomic E-state index is 4.19. The highest BCUT2D eigenvalue weighted by atomic mass is 15.2. The summed E-state index contributed by atoms with van der Waals surface area (Å²) >= 11 is 0. The first-order valence-electron chi connectivity index (χ1n) is 6.71. The van der Waals surface area contributed by atoms with Crippen LogP contribution in [0.5, 0.6) is 0 Å². The number of rotatable bonds is 5. The summed E-state index contributed by atoms with van der Waals surface area (Å²) in [5, 5.41) is 7.82. The number of nitrogens with one attached hydrogen (secondary N) is 1. The maximum Gasteiger partial charge on any atom is 0.0534 e. The fourth-order valence-corrected chi connectivity index (χ4v) is 2.50. The van der Waals surface area contributed by atoms with Crippen LogP contribution in [0.3, 0.4) is 0 Å². The van der Waals surface area contributed by atoms with Gasteiger partial charge in [0.05, 0.1) is 6.20 Å². The van der Waals surface area contributed by atoms with Crippen LogP contribution < -0.4 is 5.32 Å². The van der Waals surface area contributed by atoms with Gasteiger partial charge < -0.3 is 10.2 Å². The van der Waals surface area contributed by atoms with Crippen molar-refractivity contribution in [2.24, 2.45) is 7.05 Å². The summed E-state index contributed by atoms with van der Waals surface area (Å²) in [6.07, 6.45) is 7.85. The van der Waals surface area contributed by atoms with E-state index in [1.54, 1.807) is 0 Å². The summed E-state index contributed by atoms with van der Waals surface area (Å²) in [5.41, 5.74) is 1.28. The Hall–Kier alpha value is -0.870. The molecule has 0 bridgehead atoms. The molecule has 2 rings (SSSR count). The highest BCUT2D eigenvalue weighted by Crippen LogP contribution is 2.11. The van der Waals surface area contributed by atoms with E-state index < -0.39 is 0 Å². The molecule has 1 fully saturated rings. The Morgan fingerprint density at radius 2 is 2.18 bits per heavy atom. The average molecular weight is 236 g/mol. The van der Waals surface area contributed by atoms with Crippen molar-refractivity contribution in [2.45, 2.75) is 38.8 Å². The zero-order valence-electron chi connectivity index (χ0n) is 11.0. The summed E-state index contributed by atoms with van der Waals surface area (Å²) in [4.78, 5) is 2.57. The highest BCUT2D eigenvalue weighted by molar-refractivity contribution is 5.03. The Morgan fingerprint density at radius 3 is 2.76 bits per heavy atom. The van der Waals surface area contributed by atoms with Crippen molar-refractivity contribution in [3.8, 4) is 0 Å². The first kappa shape index (κ1) is 12.6. The molecule has 1 aliphatic rings. The van der Waals surface area contributed by atoms with Gasteiger partial charge in [-0.2, -0.15) is 5.10 Å². The van der Waals surface area contributed by atoms with E-state index in [0.717, 1.165) is 6.54 Å². The second-order valence-electron chi connectivity index (χ2n) is 5.02. The molecule has 0 amide bonds. The second-order valence-corrected chi connectivity index (χ2v) is 5.02. The molecule has 4 nitrogen and oxygen atoms in total. The fraction of sp³-hybridized carbons (Fsp3) is 0.769. The minimum Gasteiger partial charge on any atom is -0.310 e. The van der Waals surface area contributed by atoms with E-state index in [1.807, 2.05) is 17.9 Å². The second kappa shape index (κ2) is 6.17. The van der Waals surface area contributed by atoms with Gasteiger partial charge in [0.15, 0.2) is 0 Å². The lowest BCUT2D eigenvalue weighted by atomic mass is 10.0. The van der Waals surface area contributed by atoms with Gasteiger partial charge >= 0.3 is 0 Å². The Morgan fingerprint density at radius 1 is 1.41 bits per heavy atom. The molecular weight excluding hydrogens is 212 g/mol. The zero-order valence-corrected chi connectivity index (χ0v) is 11.0. The number of hydrogen-bond donors (Lipinski definition) is 1. The molecule has 96 valence electrons. The number of nitrogens with zero attached hydrogens (tertiary/aromatic N) is 3. The van der Waals surface area contributed by atoms with Gasteiger partial charge in [0.25, 0.3) is 0 Å². The molecule has 0 atom stereocenters. The van der Waals surface area contributed by atoms with Gasteiger partial charge in [-0.15, -0.1) is 0 Å². The predicted molar refractivity (Wildman–Crippen MR) is 69.8 cm³/mol. The molecule has 1 aromatic heterocycles. The fourth-order valence-electron chi connectivity index (χ4n) is 2.50. The van der Waals surface area contributed by atoms with Crippen molar-refractivity contribution in [3.05, 3.63) is 18.0 Å². The van der Waals surface area contributed by atoms with Crippen LogP contribution in [0.25, 0.3) is 0 Å². The lowest BCUT2D eigenvalue weighted by Crippen LogP contribution is -2.42. The van der Waals surface area contributed by atoms with Crippen LogP contribution in [0.15, 0.2) is 12.4 Å². The minimum atomic E-state index is 0.684. The van der Waals surface area contributed by atoms with Gasteiger partial charge in [0, 0.05) is 31.4 Å².